The van der Waals surface area contributed by atoms with E-state index in [0.29, 0.717) is 5.69 Å². The van der Waals surface area contributed by atoms with Crippen LogP contribution in [0.1, 0.15) is 40.3 Å². The lowest BCUT2D eigenvalue weighted by Gasteiger charge is -2.12. The molecule has 0 aliphatic rings. The number of hydrogen-bond acceptors (Lipinski definition) is 6. The lowest BCUT2D eigenvalue weighted by molar-refractivity contribution is 0.0378. The molecule has 0 aliphatic heterocycles. The Bertz CT molecular complexity index is 881. The fourth-order valence-electron chi connectivity index (χ4n) is 2.22. The third-order valence-corrected chi connectivity index (χ3v) is 3.66. The number of nitrogens with zero attached hydrogens (tertiary/aromatic N) is 2. The molecule has 0 spiro atoms. The van der Waals surface area contributed by atoms with E-state index in [0.717, 1.165) is 0 Å². The number of esters is 2. The number of nitrogens with two attached hydrogens (primary N) is 1. The van der Waals surface area contributed by atoms with E-state index < -0.39 is 11.9 Å². The summed E-state index contributed by atoms with van der Waals surface area (Å²) in [6, 6.07) is 6.45. The van der Waals surface area contributed by atoms with Gasteiger partial charge in [-0.25, -0.2) is 9.59 Å². The summed E-state index contributed by atoms with van der Waals surface area (Å²) < 4.78 is 11.3. The van der Waals surface area contributed by atoms with Crippen LogP contribution in [0, 0.1) is 11.3 Å². The summed E-state index contributed by atoms with van der Waals surface area (Å²) in [4.78, 5) is 24.2. The van der Waals surface area contributed by atoms with E-state index in [9.17, 15) is 9.59 Å². The number of methoxy groups -OCH3 is 1. The molecule has 0 saturated heterocycles. The van der Waals surface area contributed by atoms with Crippen LogP contribution in [0.2, 0.25) is 5.02 Å². The number of hydrogen-bond donors (Lipinski definition) is 1. The fraction of sp³-hybridized carbons (Fsp3) is 0.235. The second-order valence-electron chi connectivity index (χ2n) is 5.40. The van der Waals surface area contributed by atoms with Crippen LogP contribution in [0.3, 0.4) is 0 Å². The molecule has 0 fully saturated rings. The minimum Gasteiger partial charge on any atom is -0.464 e. The van der Waals surface area contributed by atoms with Crippen molar-refractivity contribution in [3.63, 3.8) is 0 Å². The highest BCUT2D eigenvalue weighted by molar-refractivity contribution is 6.33. The molecule has 25 heavy (non-hydrogen) atoms. The molecule has 0 atom stereocenters. The molecule has 0 unspecified atom stereocenters. The third-order valence-electron chi connectivity index (χ3n) is 3.33. The first-order chi connectivity index (χ1) is 11.8. The van der Waals surface area contributed by atoms with E-state index in [1.165, 1.54) is 30.0 Å². The van der Waals surface area contributed by atoms with E-state index in [1.807, 2.05) is 6.07 Å². The number of ether oxygens (including phenoxy) is 2. The molecular weight excluding hydrogens is 346 g/mol. The van der Waals surface area contributed by atoms with Gasteiger partial charge in [-0.1, -0.05) is 11.6 Å². The van der Waals surface area contributed by atoms with Gasteiger partial charge in [-0.15, -0.1) is 0 Å². The number of carbonyl (C=O) groups is 2. The van der Waals surface area contributed by atoms with Gasteiger partial charge in [-0.05, 0) is 32.0 Å². The van der Waals surface area contributed by atoms with Gasteiger partial charge in [0.1, 0.15) is 6.07 Å². The molecular formula is C17H16ClN3O4. The molecule has 7 nitrogen and oxygen atoms in total. The molecule has 1 aromatic carbocycles. The molecule has 0 aliphatic carbocycles. The van der Waals surface area contributed by atoms with Crippen molar-refractivity contribution in [1.82, 2.24) is 4.57 Å². The van der Waals surface area contributed by atoms with E-state index in [1.54, 1.807) is 19.9 Å². The molecule has 8 heteroatoms. The molecule has 2 N–H and O–H groups in total. The number of rotatable bonds is 4. The van der Waals surface area contributed by atoms with Gasteiger partial charge in [0.25, 0.3) is 0 Å². The fourth-order valence-corrected chi connectivity index (χ4v) is 2.41. The van der Waals surface area contributed by atoms with Crippen LogP contribution >= 0.6 is 11.6 Å². The Labute approximate surface area is 149 Å². The normalized spacial score (nSPS) is 10.4. The average Bonchev–Trinajstić information content (AvgIpc) is 2.90. The summed E-state index contributed by atoms with van der Waals surface area (Å²) in [6.45, 7) is 3.44. The maximum absolute atomic E-state index is 12.2. The summed E-state index contributed by atoms with van der Waals surface area (Å²) in [6.07, 6.45) is 1.08. The maximum atomic E-state index is 12.2. The lowest BCUT2D eigenvalue weighted by Crippen LogP contribution is -2.14. The van der Waals surface area contributed by atoms with Gasteiger partial charge in [-0.3, -0.25) is 0 Å². The number of nitrogen functional groups attached to an aromatic ring is 1. The SMILES string of the molecule is COC(=O)c1c(N)c(C#N)cn1-c1ccc(Cl)c(C(=O)OC(C)C)c1. The van der Waals surface area contributed by atoms with Gasteiger partial charge in [0, 0.05) is 11.9 Å². The Morgan fingerprint density at radius 1 is 1.32 bits per heavy atom. The largest absolute Gasteiger partial charge is 0.464 e. The first-order valence-electron chi connectivity index (χ1n) is 7.30. The average molecular weight is 362 g/mol. The number of aromatic nitrogens is 1. The summed E-state index contributed by atoms with van der Waals surface area (Å²) in [5.41, 5.74) is 6.50. The molecule has 0 radical (unpaired) electrons. The highest BCUT2D eigenvalue weighted by Gasteiger charge is 2.23. The Balaban J connectivity index is 2.62. The van der Waals surface area contributed by atoms with Crippen molar-refractivity contribution in [2.75, 3.05) is 12.8 Å². The van der Waals surface area contributed by atoms with Crippen molar-refractivity contribution in [3.05, 3.63) is 46.2 Å². The lowest BCUT2D eigenvalue weighted by atomic mass is 10.2. The smallest absolute Gasteiger partial charge is 0.357 e. The highest BCUT2D eigenvalue weighted by Crippen LogP contribution is 2.27. The number of nitriles is 1. The van der Waals surface area contributed by atoms with Crippen LogP contribution in [0.4, 0.5) is 5.69 Å². The van der Waals surface area contributed by atoms with Crippen LogP contribution in [-0.4, -0.2) is 29.7 Å². The Kier molecular flexibility index (Phi) is 5.35. The van der Waals surface area contributed by atoms with Gasteiger partial charge < -0.3 is 19.8 Å². The van der Waals surface area contributed by atoms with Crippen molar-refractivity contribution in [1.29, 1.82) is 5.26 Å². The molecule has 0 bridgehead atoms. The number of anilines is 1. The monoisotopic (exact) mass is 361 g/mol. The topological polar surface area (TPSA) is 107 Å². The third kappa shape index (κ3) is 3.59. The van der Waals surface area contributed by atoms with Crippen LogP contribution in [0.15, 0.2) is 24.4 Å². The van der Waals surface area contributed by atoms with E-state index in [2.05, 4.69) is 0 Å². The quantitative estimate of drug-likeness (QED) is 0.839. The van der Waals surface area contributed by atoms with E-state index in [4.69, 9.17) is 32.1 Å². The first kappa shape index (κ1) is 18.4. The summed E-state index contributed by atoms with van der Waals surface area (Å²) in [5.74, 6) is -1.30. The van der Waals surface area contributed by atoms with Crippen LogP contribution in [-0.2, 0) is 9.47 Å². The van der Waals surface area contributed by atoms with Gasteiger partial charge in [0.05, 0.1) is 35.1 Å². The summed E-state index contributed by atoms with van der Waals surface area (Å²) in [7, 11) is 1.21. The molecule has 0 amide bonds. The Morgan fingerprint density at radius 3 is 2.56 bits per heavy atom. The van der Waals surface area contributed by atoms with Gasteiger partial charge in [-0.2, -0.15) is 5.26 Å². The van der Waals surface area contributed by atoms with E-state index in [-0.39, 0.29) is 33.6 Å². The van der Waals surface area contributed by atoms with Crippen molar-refractivity contribution in [2.24, 2.45) is 0 Å². The highest BCUT2D eigenvalue weighted by atomic mass is 35.5. The molecule has 130 valence electrons. The first-order valence-corrected chi connectivity index (χ1v) is 7.68. The van der Waals surface area contributed by atoms with Crippen molar-refractivity contribution < 1.29 is 19.1 Å². The van der Waals surface area contributed by atoms with Gasteiger partial charge in [0.2, 0.25) is 0 Å². The molecule has 1 aromatic heterocycles. The predicted octanol–water partition coefficient (Wildman–Crippen LogP) is 2.94. The number of halogens is 1. The minimum atomic E-state index is -0.708. The number of benzene rings is 1. The molecule has 1 heterocycles. The Morgan fingerprint density at radius 2 is 2.00 bits per heavy atom. The molecule has 2 rings (SSSR count). The van der Waals surface area contributed by atoms with Crippen molar-refractivity contribution >= 4 is 29.2 Å². The minimum absolute atomic E-state index is 0.00407. The number of carbonyl (C=O) groups excluding carboxylic acids is 2. The zero-order valence-electron chi connectivity index (χ0n) is 13.9. The predicted molar refractivity (Wildman–Crippen MR) is 91.8 cm³/mol. The summed E-state index contributed by atoms with van der Waals surface area (Å²) in [5, 5.41) is 9.36. The second-order valence-corrected chi connectivity index (χ2v) is 5.80. The van der Waals surface area contributed by atoms with E-state index >= 15 is 0 Å². The van der Waals surface area contributed by atoms with Crippen LogP contribution < -0.4 is 5.73 Å². The maximum Gasteiger partial charge on any atom is 0.357 e. The zero-order valence-corrected chi connectivity index (χ0v) is 14.6. The zero-order chi connectivity index (χ0) is 18.7. The Hall–Kier alpha value is -2.98. The van der Waals surface area contributed by atoms with Crippen molar-refractivity contribution in [3.8, 4) is 11.8 Å². The van der Waals surface area contributed by atoms with Gasteiger partial charge in [0.15, 0.2) is 5.69 Å². The molecule has 0 saturated carbocycles. The van der Waals surface area contributed by atoms with Crippen molar-refractivity contribution in [2.45, 2.75) is 20.0 Å². The summed E-state index contributed by atoms with van der Waals surface area (Å²) >= 11 is 6.08. The van der Waals surface area contributed by atoms with Gasteiger partial charge >= 0.3 is 11.9 Å². The van der Waals surface area contributed by atoms with Crippen LogP contribution in [0.5, 0.6) is 0 Å². The second kappa shape index (κ2) is 7.28. The van der Waals surface area contributed by atoms with Crippen LogP contribution in [0.25, 0.3) is 5.69 Å². The standard InChI is InChI=1S/C17H16ClN3O4/c1-9(2)25-16(22)12-6-11(4-5-13(12)18)21-8-10(7-19)14(20)15(21)17(23)24-3/h4-6,8-9H,20H2,1-3H3. The molecule has 2 aromatic rings.